The molecule has 1 heterocycles. The third-order valence-electron chi connectivity index (χ3n) is 4.94. The highest BCUT2D eigenvalue weighted by Gasteiger charge is 2.20. The van der Waals surface area contributed by atoms with Crippen molar-refractivity contribution in [1.29, 1.82) is 0 Å². The zero-order valence-electron chi connectivity index (χ0n) is 17.3. The van der Waals surface area contributed by atoms with E-state index in [9.17, 15) is 4.79 Å². The Morgan fingerprint density at radius 2 is 1.58 bits per heavy atom. The van der Waals surface area contributed by atoms with Gasteiger partial charge >= 0.3 is 0 Å². The van der Waals surface area contributed by atoms with E-state index in [4.69, 9.17) is 0 Å². The molecule has 5 nitrogen and oxygen atoms in total. The van der Waals surface area contributed by atoms with Crippen LogP contribution >= 0.6 is 31.9 Å². The first kappa shape index (κ1) is 21.5. The van der Waals surface area contributed by atoms with Crippen LogP contribution in [0.2, 0.25) is 0 Å². The van der Waals surface area contributed by atoms with Gasteiger partial charge in [0, 0.05) is 20.2 Å². The maximum Gasteiger partial charge on any atom is 0.295 e. The van der Waals surface area contributed by atoms with Gasteiger partial charge < -0.3 is 5.32 Å². The van der Waals surface area contributed by atoms with Gasteiger partial charge in [-0.3, -0.25) is 4.79 Å². The molecule has 4 aromatic rings. The number of nitrogens with zero attached hydrogens (tertiary/aromatic N) is 3. The van der Waals surface area contributed by atoms with Gasteiger partial charge in [-0.15, -0.1) is 5.10 Å². The summed E-state index contributed by atoms with van der Waals surface area (Å²) in [4.78, 5) is 17.6. The van der Waals surface area contributed by atoms with E-state index >= 15 is 0 Å². The number of anilines is 1. The summed E-state index contributed by atoms with van der Waals surface area (Å²) in [6, 6.07) is 19.6. The van der Waals surface area contributed by atoms with Crippen molar-refractivity contribution in [2.75, 3.05) is 5.32 Å². The first-order valence-electron chi connectivity index (χ1n) is 9.70. The SMILES string of the molecule is Cc1ccc(C)c(-n2nc(C(=O)Nc3ccc(Br)cc3C)nc2-c2ccc(Br)cc2)c1. The zero-order chi connectivity index (χ0) is 22.1. The van der Waals surface area contributed by atoms with Gasteiger partial charge in [0.2, 0.25) is 5.82 Å². The summed E-state index contributed by atoms with van der Waals surface area (Å²) in [5.74, 6) is 0.368. The molecule has 0 aliphatic carbocycles. The first-order chi connectivity index (χ1) is 14.8. The topological polar surface area (TPSA) is 59.8 Å². The lowest BCUT2D eigenvalue weighted by Gasteiger charge is -2.10. The quantitative estimate of drug-likeness (QED) is 0.316. The number of halogens is 2. The number of nitrogens with one attached hydrogen (secondary N) is 1. The molecule has 7 heteroatoms. The lowest BCUT2D eigenvalue weighted by Crippen LogP contribution is -2.15. The summed E-state index contributed by atoms with van der Waals surface area (Å²) in [7, 11) is 0. The van der Waals surface area contributed by atoms with Crippen LogP contribution in [0, 0.1) is 20.8 Å². The summed E-state index contributed by atoms with van der Waals surface area (Å²) in [6.45, 7) is 5.99. The summed E-state index contributed by atoms with van der Waals surface area (Å²) in [5, 5.41) is 7.52. The molecule has 0 atom stereocenters. The van der Waals surface area contributed by atoms with E-state index in [0.717, 1.165) is 42.6 Å². The van der Waals surface area contributed by atoms with E-state index in [1.54, 1.807) is 4.68 Å². The lowest BCUT2D eigenvalue weighted by molar-refractivity contribution is 0.101. The van der Waals surface area contributed by atoms with Crippen LogP contribution in [0.25, 0.3) is 17.1 Å². The third-order valence-corrected chi connectivity index (χ3v) is 5.96. The number of amides is 1. The largest absolute Gasteiger partial charge is 0.319 e. The van der Waals surface area contributed by atoms with Crippen LogP contribution in [0.15, 0.2) is 69.6 Å². The molecule has 1 N–H and O–H groups in total. The minimum Gasteiger partial charge on any atom is -0.319 e. The Hall–Kier alpha value is -2.77. The molecule has 0 spiro atoms. The number of carbonyl (C=O) groups excluding carboxylic acids is 1. The van der Waals surface area contributed by atoms with Gasteiger partial charge in [-0.25, -0.2) is 9.67 Å². The Balaban J connectivity index is 1.80. The Bertz CT molecular complexity index is 1280. The molecular formula is C24H20Br2N4O. The average molecular weight is 540 g/mol. The van der Waals surface area contributed by atoms with Crippen LogP contribution in [-0.2, 0) is 0 Å². The van der Waals surface area contributed by atoms with Crippen LogP contribution in [0.1, 0.15) is 27.3 Å². The average Bonchev–Trinajstić information content (AvgIpc) is 3.18. The molecule has 0 saturated carbocycles. The second-order valence-electron chi connectivity index (χ2n) is 7.38. The number of rotatable bonds is 4. The van der Waals surface area contributed by atoms with E-state index in [0.29, 0.717) is 5.82 Å². The molecule has 1 aromatic heterocycles. The zero-order valence-corrected chi connectivity index (χ0v) is 20.5. The van der Waals surface area contributed by atoms with Crippen molar-refractivity contribution in [2.45, 2.75) is 20.8 Å². The van der Waals surface area contributed by atoms with E-state index in [1.165, 1.54) is 0 Å². The molecule has 156 valence electrons. The molecule has 31 heavy (non-hydrogen) atoms. The fourth-order valence-corrected chi connectivity index (χ4v) is 4.00. The molecule has 0 saturated heterocycles. The number of benzene rings is 3. The second kappa shape index (κ2) is 8.77. The van der Waals surface area contributed by atoms with Crippen molar-refractivity contribution in [3.8, 4) is 17.1 Å². The molecular weight excluding hydrogens is 520 g/mol. The van der Waals surface area contributed by atoms with Crippen molar-refractivity contribution in [1.82, 2.24) is 14.8 Å². The fraction of sp³-hybridized carbons (Fsp3) is 0.125. The summed E-state index contributed by atoms with van der Waals surface area (Å²) < 4.78 is 3.67. The molecule has 0 aliphatic heterocycles. The van der Waals surface area contributed by atoms with Crippen molar-refractivity contribution in [3.63, 3.8) is 0 Å². The number of aryl methyl sites for hydroxylation is 3. The fourth-order valence-electron chi connectivity index (χ4n) is 3.26. The summed E-state index contributed by atoms with van der Waals surface area (Å²) in [6.07, 6.45) is 0. The Labute approximate surface area is 197 Å². The maximum absolute atomic E-state index is 13.0. The van der Waals surface area contributed by atoms with Gasteiger partial charge in [0.05, 0.1) is 5.69 Å². The number of hydrogen-bond acceptors (Lipinski definition) is 3. The summed E-state index contributed by atoms with van der Waals surface area (Å²) in [5.41, 5.74) is 5.59. The molecule has 0 radical (unpaired) electrons. The predicted molar refractivity (Wildman–Crippen MR) is 131 cm³/mol. The van der Waals surface area contributed by atoms with Gasteiger partial charge in [-0.1, -0.05) is 56.1 Å². The van der Waals surface area contributed by atoms with Gasteiger partial charge in [0.1, 0.15) is 0 Å². The number of hydrogen-bond donors (Lipinski definition) is 1. The standard InChI is InChI=1S/C24H20Br2N4O/c1-14-4-5-15(2)21(12-14)30-23(17-6-8-18(25)9-7-17)28-22(29-30)24(31)27-20-11-10-19(26)13-16(20)3/h4-13H,1-3H3,(H,27,31). The molecule has 0 bridgehead atoms. The summed E-state index contributed by atoms with van der Waals surface area (Å²) >= 11 is 6.92. The Morgan fingerprint density at radius 3 is 2.29 bits per heavy atom. The van der Waals surface area contributed by atoms with Crippen molar-refractivity contribution >= 4 is 43.5 Å². The van der Waals surface area contributed by atoms with E-state index in [1.807, 2.05) is 75.4 Å². The molecule has 1 amide bonds. The van der Waals surface area contributed by atoms with Crippen LogP contribution in [0.3, 0.4) is 0 Å². The van der Waals surface area contributed by atoms with Gasteiger partial charge in [0.25, 0.3) is 5.91 Å². The van der Waals surface area contributed by atoms with Crippen molar-refractivity contribution in [3.05, 3.63) is 92.1 Å². The number of aromatic nitrogens is 3. The lowest BCUT2D eigenvalue weighted by atomic mass is 10.1. The van der Waals surface area contributed by atoms with Gasteiger partial charge in [-0.05, 0) is 73.9 Å². The van der Waals surface area contributed by atoms with E-state index < -0.39 is 0 Å². The van der Waals surface area contributed by atoms with E-state index in [2.05, 4.69) is 53.3 Å². The molecule has 0 unspecified atom stereocenters. The molecule has 4 rings (SSSR count). The van der Waals surface area contributed by atoms with Gasteiger partial charge in [0.15, 0.2) is 5.82 Å². The number of carbonyl (C=O) groups is 1. The third kappa shape index (κ3) is 4.62. The second-order valence-corrected chi connectivity index (χ2v) is 9.21. The predicted octanol–water partition coefficient (Wildman–Crippen LogP) is 6.64. The monoisotopic (exact) mass is 538 g/mol. The van der Waals surface area contributed by atoms with Crippen LogP contribution in [0.4, 0.5) is 5.69 Å². The van der Waals surface area contributed by atoms with Gasteiger partial charge in [-0.2, -0.15) is 0 Å². The van der Waals surface area contributed by atoms with Crippen LogP contribution in [0.5, 0.6) is 0 Å². The molecule has 0 fully saturated rings. The normalized spacial score (nSPS) is 10.9. The molecule has 3 aromatic carbocycles. The minimum atomic E-state index is -0.354. The van der Waals surface area contributed by atoms with E-state index in [-0.39, 0.29) is 11.7 Å². The highest BCUT2D eigenvalue weighted by molar-refractivity contribution is 9.10. The van der Waals surface area contributed by atoms with Crippen LogP contribution in [-0.4, -0.2) is 20.7 Å². The van der Waals surface area contributed by atoms with Crippen LogP contribution < -0.4 is 5.32 Å². The first-order valence-corrected chi connectivity index (χ1v) is 11.3. The smallest absolute Gasteiger partial charge is 0.295 e. The maximum atomic E-state index is 13.0. The highest BCUT2D eigenvalue weighted by atomic mass is 79.9. The molecule has 0 aliphatic rings. The Morgan fingerprint density at radius 1 is 0.871 bits per heavy atom. The van der Waals surface area contributed by atoms with Crippen molar-refractivity contribution in [2.24, 2.45) is 0 Å². The van der Waals surface area contributed by atoms with Crippen molar-refractivity contribution < 1.29 is 4.79 Å². The highest BCUT2D eigenvalue weighted by Crippen LogP contribution is 2.26. The Kier molecular flexibility index (Phi) is 6.07. The minimum absolute atomic E-state index is 0.112.